The fourth-order valence-electron chi connectivity index (χ4n) is 3.23. The third-order valence-corrected chi connectivity index (χ3v) is 4.90. The van der Waals surface area contributed by atoms with Crippen LogP contribution in [0.1, 0.15) is 24.2 Å². The molecule has 2 aromatic rings. The van der Waals surface area contributed by atoms with Crippen molar-refractivity contribution < 1.29 is 9.59 Å². The molecule has 1 fully saturated rings. The van der Waals surface area contributed by atoms with Gasteiger partial charge in [-0.1, -0.05) is 30.3 Å². The van der Waals surface area contributed by atoms with Crippen molar-refractivity contribution in [3.05, 3.63) is 60.2 Å². The maximum absolute atomic E-state index is 12.6. The molecule has 2 aromatic carbocycles. The second kappa shape index (κ2) is 8.15. The highest BCUT2D eigenvalue weighted by Gasteiger charge is 2.25. The van der Waals surface area contributed by atoms with Crippen LogP contribution in [0, 0.1) is 0 Å². The van der Waals surface area contributed by atoms with E-state index < -0.39 is 0 Å². The van der Waals surface area contributed by atoms with Gasteiger partial charge in [-0.05, 0) is 38.1 Å². The van der Waals surface area contributed by atoms with Crippen molar-refractivity contribution in [2.24, 2.45) is 0 Å². The van der Waals surface area contributed by atoms with E-state index in [0.717, 1.165) is 26.2 Å². The van der Waals surface area contributed by atoms with Gasteiger partial charge in [0.05, 0.1) is 6.04 Å². The van der Waals surface area contributed by atoms with Crippen LogP contribution in [0.15, 0.2) is 54.6 Å². The standard InChI is InChI=1S/C21H25N3O2/c1-16(21(26)22-19-8-6-7-18(15-19)17(2)25)23-11-13-24(14-12-23)20-9-4-3-5-10-20/h3-10,15-16H,11-14H2,1-2H3,(H,22,26)/t16-/m1/s1. The Hall–Kier alpha value is -2.66. The number of nitrogens with zero attached hydrogens (tertiary/aromatic N) is 2. The minimum atomic E-state index is -0.214. The molecule has 1 heterocycles. The minimum absolute atomic E-state index is 0.00817. The van der Waals surface area contributed by atoms with Crippen molar-refractivity contribution in [1.82, 2.24) is 4.90 Å². The normalized spacial score (nSPS) is 16.2. The van der Waals surface area contributed by atoms with Crippen molar-refractivity contribution in [3.8, 4) is 0 Å². The fraction of sp³-hybridized carbons (Fsp3) is 0.333. The largest absolute Gasteiger partial charge is 0.369 e. The Balaban J connectivity index is 1.56. The Morgan fingerprint density at radius 2 is 1.65 bits per heavy atom. The molecule has 3 rings (SSSR count). The molecule has 26 heavy (non-hydrogen) atoms. The quantitative estimate of drug-likeness (QED) is 0.842. The van der Waals surface area contributed by atoms with E-state index in [4.69, 9.17) is 0 Å². The van der Waals surface area contributed by atoms with Crippen molar-refractivity contribution in [2.45, 2.75) is 19.9 Å². The number of ketones is 1. The third-order valence-electron chi connectivity index (χ3n) is 4.90. The van der Waals surface area contributed by atoms with Gasteiger partial charge in [-0.2, -0.15) is 0 Å². The molecular formula is C21H25N3O2. The smallest absolute Gasteiger partial charge is 0.241 e. The van der Waals surface area contributed by atoms with Gasteiger partial charge >= 0.3 is 0 Å². The van der Waals surface area contributed by atoms with Crippen molar-refractivity contribution >= 4 is 23.1 Å². The zero-order chi connectivity index (χ0) is 18.5. The minimum Gasteiger partial charge on any atom is -0.369 e. The molecule has 0 aliphatic carbocycles. The van der Waals surface area contributed by atoms with Crippen LogP contribution in [-0.2, 0) is 4.79 Å². The number of rotatable bonds is 5. The van der Waals surface area contributed by atoms with Gasteiger partial charge in [0, 0.05) is 43.1 Å². The summed E-state index contributed by atoms with van der Waals surface area (Å²) < 4.78 is 0. The molecule has 1 N–H and O–H groups in total. The molecule has 1 aliphatic heterocycles. The van der Waals surface area contributed by atoms with E-state index in [1.807, 2.05) is 31.2 Å². The number of hydrogen-bond acceptors (Lipinski definition) is 4. The number of para-hydroxylation sites is 1. The molecule has 0 radical (unpaired) electrons. The first-order chi connectivity index (χ1) is 12.5. The monoisotopic (exact) mass is 351 g/mol. The summed E-state index contributed by atoms with van der Waals surface area (Å²) in [5, 5.41) is 2.93. The summed E-state index contributed by atoms with van der Waals surface area (Å²) in [4.78, 5) is 28.6. The average molecular weight is 351 g/mol. The lowest BCUT2D eigenvalue weighted by molar-refractivity contribution is -0.120. The van der Waals surface area contributed by atoms with E-state index in [0.29, 0.717) is 11.3 Å². The molecule has 0 bridgehead atoms. The average Bonchev–Trinajstić information content (AvgIpc) is 2.68. The molecule has 136 valence electrons. The number of carbonyl (C=O) groups is 2. The van der Waals surface area contributed by atoms with Gasteiger partial charge in [0.25, 0.3) is 0 Å². The number of Topliss-reactive ketones (excluding diaryl/α,β-unsaturated/α-hetero) is 1. The Labute approximate surface area is 154 Å². The second-order valence-corrected chi connectivity index (χ2v) is 6.66. The van der Waals surface area contributed by atoms with Crippen LogP contribution in [0.5, 0.6) is 0 Å². The Kier molecular flexibility index (Phi) is 5.68. The van der Waals surface area contributed by atoms with E-state index in [1.54, 1.807) is 18.2 Å². The summed E-state index contributed by atoms with van der Waals surface area (Å²) in [5.41, 5.74) is 2.50. The molecule has 5 nitrogen and oxygen atoms in total. The van der Waals surface area contributed by atoms with Crippen LogP contribution in [0.4, 0.5) is 11.4 Å². The van der Waals surface area contributed by atoms with Crippen molar-refractivity contribution in [3.63, 3.8) is 0 Å². The van der Waals surface area contributed by atoms with Crippen molar-refractivity contribution in [2.75, 3.05) is 36.4 Å². The number of anilines is 2. The van der Waals surface area contributed by atoms with Gasteiger partial charge in [-0.15, -0.1) is 0 Å². The predicted molar refractivity (Wildman–Crippen MR) is 105 cm³/mol. The van der Waals surface area contributed by atoms with Gasteiger partial charge in [-0.25, -0.2) is 0 Å². The van der Waals surface area contributed by atoms with Crippen molar-refractivity contribution in [1.29, 1.82) is 0 Å². The van der Waals surface area contributed by atoms with E-state index in [-0.39, 0.29) is 17.7 Å². The third kappa shape index (κ3) is 4.29. The van der Waals surface area contributed by atoms with E-state index in [2.05, 4.69) is 27.2 Å². The van der Waals surface area contributed by atoms with E-state index in [9.17, 15) is 9.59 Å². The predicted octanol–water partition coefficient (Wildman–Crippen LogP) is 3.04. The molecule has 0 spiro atoms. The molecule has 1 aliphatic rings. The molecule has 1 saturated heterocycles. The summed E-state index contributed by atoms with van der Waals surface area (Å²) in [7, 11) is 0. The lowest BCUT2D eigenvalue weighted by Crippen LogP contribution is -2.52. The van der Waals surface area contributed by atoms with Crippen LogP contribution in [0.25, 0.3) is 0 Å². The summed E-state index contributed by atoms with van der Waals surface area (Å²) in [5.74, 6) is -0.0509. The maximum Gasteiger partial charge on any atom is 0.241 e. The molecule has 1 atom stereocenters. The Morgan fingerprint density at radius 3 is 2.31 bits per heavy atom. The highest BCUT2D eigenvalue weighted by atomic mass is 16.2. The number of hydrogen-bond donors (Lipinski definition) is 1. The van der Waals surface area contributed by atoms with Gasteiger partial charge < -0.3 is 10.2 Å². The zero-order valence-electron chi connectivity index (χ0n) is 15.3. The fourth-order valence-corrected chi connectivity index (χ4v) is 3.23. The SMILES string of the molecule is CC(=O)c1cccc(NC(=O)[C@@H](C)N2CCN(c3ccccc3)CC2)c1. The number of nitrogens with one attached hydrogen (secondary N) is 1. The summed E-state index contributed by atoms with van der Waals surface area (Å²) in [6.45, 7) is 6.95. The number of benzene rings is 2. The second-order valence-electron chi connectivity index (χ2n) is 6.66. The number of piperazine rings is 1. The highest BCUT2D eigenvalue weighted by molar-refractivity contribution is 5.98. The number of amides is 1. The zero-order valence-corrected chi connectivity index (χ0v) is 15.3. The van der Waals surface area contributed by atoms with Crippen LogP contribution in [0.2, 0.25) is 0 Å². The topological polar surface area (TPSA) is 52.7 Å². The van der Waals surface area contributed by atoms with Crippen LogP contribution in [-0.4, -0.2) is 48.8 Å². The number of carbonyl (C=O) groups excluding carboxylic acids is 2. The molecular weight excluding hydrogens is 326 g/mol. The molecule has 0 aromatic heterocycles. The molecule has 1 amide bonds. The molecule has 5 heteroatoms. The molecule has 0 saturated carbocycles. The van der Waals surface area contributed by atoms with Crippen LogP contribution < -0.4 is 10.2 Å². The maximum atomic E-state index is 12.6. The van der Waals surface area contributed by atoms with Gasteiger partial charge in [0.2, 0.25) is 5.91 Å². The van der Waals surface area contributed by atoms with Gasteiger partial charge in [-0.3, -0.25) is 14.5 Å². The van der Waals surface area contributed by atoms with Gasteiger partial charge in [0.15, 0.2) is 5.78 Å². The van der Waals surface area contributed by atoms with E-state index in [1.165, 1.54) is 12.6 Å². The van der Waals surface area contributed by atoms with E-state index >= 15 is 0 Å². The first-order valence-corrected chi connectivity index (χ1v) is 9.00. The summed E-state index contributed by atoms with van der Waals surface area (Å²) in [6.07, 6.45) is 0. The highest BCUT2D eigenvalue weighted by Crippen LogP contribution is 2.17. The summed E-state index contributed by atoms with van der Waals surface area (Å²) >= 11 is 0. The van der Waals surface area contributed by atoms with Crippen LogP contribution >= 0.6 is 0 Å². The van der Waals surface area contributed by atoms with Crippen LogP contribution in [0.3, 0.4) is 0 Å². The lowest BCUT2D eigenvalue weighted by Gasteiger charge is -2.38. The Bertz CT molecular complexity index is 768. The first kappa shape index (κ1) is 18.1. The summed E-state index contributed by atoms with van der Waals surface area (Å²) in [6, 6.07) is 17.2. The Morgan fingerprint density at radius 1 is 0.962 bits per heavy atom. The first-order valence-electron chi connectivity index (χ1n) is 9.00. The lowest BCUT2D eigenvalue weighted by atomic mass is 10.1. The molecule has 0 unspecified atom stereocenters. The van der Waals surface area contributed by atoms with Gasteiger partial charge in [0.1, 0.15) is 0 Å².